The quantitative estimate of drug-likeness (QED) is 0.0213. The van der Waals surface area contributed by atoms with E-state index in [4.69, 9.17) is 28.4 Å². The molecule has 6 aromatic carbocycles. The Bertz CT molecular complexity index is 2640. The number of unbranched alkanes of at least 4 members (excludes halogenated alkanes) is 22. The Morgan fingerprint density at radius 2 is 0.526 bits per heavy atom. The predicted molar refractivity (Wildman–Crippen MR) is 303 cm³/mol. The van der Waals surface area contributed by atoms with Gasteiger partial charge in [-0.3, -0.25) is 0 Å². The van der Waals surface area contributed by atoms with E-state index in [-0.39, 0.29) is 28.4 Å². The molecule has 6 rings (SSSR count). The Morgan fingerprint density at radius 3 is 0.895 bits per heavy atom. The van der Waals surface area contributed by atoms with Crippen molar-refractivity contribution >= 4 is 34.6 Å². The third kappa shape index (κ3) is 21.4. The second-order valence-corrected chi connectivity index (χ2v) is 19.8. The minimum Gasteiger partial charge on any atom is -0.494 e. The van der Waals surface area contributed by atoms with Gasteiger partial charge in [0.05, 0.1) is 35.5 Å². The van der Waals surface area contributed by atoms with Gasteiger partial charge in [0.2, 0.25) is 0 Å². The lowest BCUT2D eigenvalue weighted by Crippen LogP contribution is -2.10. The highest BCUT2D eigenvalue weighted by atomic mass is 16.5. The molecule has 0 unspecified atom stereocenters. The molecule has 0 spiro atoms. The zero-order valence-electron chi connectivity index (χ0n) is 45.2. The largest absolute Gasteiger partial charge is 0.494 e. The van der Waals surface area contributed by atoms with Crippen molar-refractivity contribution in [3.05, 3.63) is 156 Å². The summed E-state index contributed by atoms with van der Waals surface area (Å²) >= 11 is 0. The van der Waals surface area contributed by atoms with E-state index >= 15 is 0 Å². The molecule has 0 aliphatic carbocycles. The molecule has 0 bridgehead atoms. The van der Waals surface area contributed by atoms with Crippen molar-refractivity contribution in [3.8, 4) is 34.5 Å². The van der Waals surface area contributed by atoms with Gasteiger partial charge in [0, 0.05) is 0 Å². The fourth-order valence-corrected chi connectivity index (χ4v) is 8.95. The van der Waals surface area contributed by atoms with Crippen molar-refractivity contribution in [3.63, 3.8) is 0 Å². The normalized spacial score (nSPS) is 11.0. The summed E-state index contributed by atoms with van der Waals surface area (Å²) in [6.07, 6.45) is 31.0. The van der Waals surface area contributed by atoms with Crippen LogP contribution in [0.2, 0.25) is 0 Å². The number of hydrogen-bond donors (Lipinski definition) is 0. The molecular formula is C66H80O10. The highest BCUT2D eigenvalue weighted by Gasteiger charge is 2.16. The van der Waals surface area contributed by atoms with E-state index in [1.807, 2.05) is 0 Å². The van der Waals surface area contributed by atoms with Crippen LogP contribution in [0.15, 0.2) is 133 Å². The van der Waals surface area contributed by atoms with Crippen LogP contribution in [-0.2, 0) is 0 Å². The third-order valence-electron chi connectivity index (χ3n) is 13.5. The van der Waals surface area contributed by atoms with Crippen molar-refractivity contribution < 1.29 is 47.6 Å². The second kappa shape index (κ2) is 33.9. The van der Waals surface area contributed by atoms with Crippen LogP contribution in [0.25, 0.3) is 10.8 Å². The van der Waals surface area contributed by atoms with Gasteiger partial charge in [-0.05, 0) is 145 Å². The molecule has 0 radical (unpaired) electrons. The van der Waals surface area contributed by atoms with E-state index in [9.17, 15) is 19.2 Å². The third-order valence-corrected chi connectivity index (χ3v) is 13.5. The van der Waals surface area contributed by atoms with Crippen molar-refractivity contribution in [2.24, 2.45) is 0 Å². The Kier molecular flexibility index (Phi) is 26.0. The number of ether oxygens (including phenoxy) is 6. The molecule has 0 atom stereocenters. The van der Waals surface area contributed by atoms with E-state index in [1.54, 1.807) is 109 Å². The maximum absolute atomic E-state index is 13.2. The zero-order valence-corrected chi connectivity index (χ0v) is 45.2. The highest BCUT2D eigenvalue weighted by molar-refractivity contribution is 5.98. The van der Waals surface area contributed by atoms with Gasteiger partial charge in [-0.2, -0.15) is 0 Å². The number of carbonyl (C=O) groups excluding carboxylic acids is 4. The van der Waals surface area contributed by atoms with Crippen LogP contribution in [0.1, 0.15) is 209 Å². The molecule has 0 N–H and O–H groups in total. The van der Waals surface area contributed by atoms with Crippen molar-refractivity contribution in [2.75, 3.05) is 13.2 Å². The van der Waals surface area contributed by atoms with Gasteiger partial charge in [-0.15, -0.1) is 0 Å². The van der Waals surface area contributed by atoms with Gasteiger partial charge < -0.3 is 28.4 Å². The molecule has 0 amide bonds. The Balaban J connectivity index is 0.864. The number of benzene rings is 6. The van der Waals surface area contributed by atoms with Crippen LogP contribution in [0.4, 0.5) is 0 Å². The molecule has 10 heteroatoms. The molecular weight excluding hydrogens is 953 g/mol. The summed E-state index contributed by atoms with van der Waals surface area (Å²) in [7, 11) is 0. The molecule has 404 valence electrons. The van der Waals surface area contributed by atoms with Crippen molar-refractivity contribution in [2.45, 2.75) is 168 Å². The fourth-order valence-electron chi connectivity index (χ4n) is 8.95. The van der Waals surface area contributed by atoms with Crippen molar-refractivity contribution in [1.29, 1.82) is 0 Å². The first-order valence-corrected chi connectivity index (χ1v) is 28.4. The van der Waals surface area contributed by atoms with Gasteiger partial charge in [-0.25, -0.2) is 19.2 Å². The summed E-state index contributed by atoms with van der Waals surface area (Å²) < 4.78 is 34.3. The van der Waals surface area contributed by atoms with Crippen LogP contribution in [0, 0.1) is 0 Å². The van der Waals surface area contributed by atoms with E-state index in [1.165, 1.54) is 153 Å². The number of fused-ring (bicyclic) bond motifs is 1. The molecule has 0 aromatic heterocycles. The molecule has 0 saturated heterocycles. The lowest BCUT2D eigenvalue weighted by molar-refractivity contribution is 0.0719. The lowest BCUT2D eigenvalue weighted by Gasteiger charge is -2.09. The maximum atomic E-state index is 13.2. The average Bonchev–Trinajstić information content (AvgIpc) is 3.44. The molecule has 0 heterocycles. The Labute approximate surface area is 451 Å². The summed E-state index contributed by atoms with van der Waals surface area (Å²) in [6, 6.07) is 36.4. The van der Waals surface area contributed by atoms with Crippen LogP contribution >= 0.6 is 0 Å². The predicted octanol–water partition coefficient (Wildman–Crippen LogP) is 17.9. The number of carbonyl (C=O) groups is 4. The maximum Gasteiger partial charge on any atom is 0.343 e. The van der Waals surface area contributed by atoms with Crippen LogP contribution in [0.3, 0.4) is 0 Å². The molecule has 76 heavy (non-hydrogen) atoms. The van der Waals surface area contributed by atoms with Gasteiger partial charge in [0.1, 0.15) is 34.5 Å². The monoisotopic (exact) mass is 1030 g/mol. The molecule has 0 saturated carbocycles. The van der Waals surface area contributed by atoms with Gasteiger partial charge in [-0.1, -0.05) is 167 Å². The van der Waals surface area contributed by atoms with Gasteiger partial charge in [0.25, 0.3) is 0 Å². The first kappa shape index (κ1) is 58.3. The standard InChI is InChI=1S/C66H80O10/c1-3-5-7-9-11-13-15-17-19-21-23-25-47-71-57-36-30-52(31-37-57)63(67)73-59-40-34-54(35-41-59)65(69)76-62-42-29-51-27-28-55(49-56(51)50-62)66(70)75-61-45-43-60(44-46-61)74-64(68)53-32-38-58(39-33-53)72-48-26-24-22-20-18-16-14-12-10-8-6-4-2/h27-46,49-50H,3-26,47-48H2,1-2H3. The molecule has 0 fully saturated rings. The first-order chi connectivity index (χ1) is 37.3. The van der Waals surface area contributed by atoms with E-state index < -0.39 is 23.9 Å². The van der Waals surface area contributed by atoms with Crippen molar-refractivity contribution in [1.82, 2.24) is 0 Å². The average molecular weight is 1030 g/mol. The summed E-state index contributed by atoms with van der Waals surface area (Å²) in [6.45, 7) is 5.80. The molecule has 6 aromatic rings. The molecule has 0 aliphatic heterocycles. The second-order valence-electron chi connectivity index (χ2n) is 19.8. The van der Waals surface area contributed by atoms with E-state index in [2.05, 4.69) is 13.8 Å². The summed E-state index contributed by atoms with van der Waals surface area (Å²) in [5.41, 5.74) is 1.31. The topological polar surface area (TPSA) is 124 Å². The SMILES string of the molecule is CCCCCCCCCCCCCCOc1ccc(C(=O)Oc2ccc(OC(=O)c3ccc4ccc(OC(=O)c5ccc(OC(=O)c6ccc(OCCCCCCCCCCCCCC)cc6)cc5)cc4c3)cc2)cc1. The summed E-state index contributed by atoms with van der Waals surface area (Å²) in [5, 5.41) is 1.48. The minimum absolute atomic E-state index is 0.256. The Hall–Kier alpha value is -6.94. The first-order valence-electron chi connectivity index (χ1n) is 28.4. The highest BCUT2D eigenvalue weighted by Crippen LogP contribution is 2.27. The zero-order chi connectivity index (χ0) is 53.4. The number of rotatable bonds is 36. The molecule has 10 nitrogen and oxygen atoms in total. The number of hydrogen-bond acceptors (Lipinski definition) is 10. The van der Waals surface area contributed by atoms with E-state index in [0.29, 0.717) is 47.0 Å². The molecule has 0 aliphatic rings. The van der Waals surface area contributed by atoms with E-state index in [0.717, 1.165) is 31.1 Å². The number of esters is 4. The minimum atomic E-state index is -0.607. The lowest BCUT2D eigenvalue weighted by atomic mass is 10.1. The Morgan fingerprint density at radius 1 is 0.263 bits per heavy atom. The smallest absolute Gasteiger partial charge is 0.343 e. The summed E-state index contributed by atoms with van der Waals surface area (Å²) in [5.74, 6) is 0.298. The summed E-state index contributed by atoms with van der Waals surface area (Å²) in [4.78, 5) is 52.2. The fraction of sp³-hybridized carbons (Fsp3) is 0.424. The van der Waals surface area contributed by atoms with Crippen LogP contribution in [-0.4, -0.2) is 37.1 Å². The van der Waals surface area contributed by atoms with Crippen LogP contribution < -0.4 is 28.4 Å². The van der Waals surface area contributed by atoms with Gasteiger partial charge >= 0.3 is 23.9 Å². The van der Waals surface area contributed by atoms with Gasteiger partial charge in [0.15, 0.2) is 0 Å². The van der Waals surface area contributed by atoms with Crippen LogP contribution in [0.5, 0.6) is 34.5 Å².